The van der Waals surface area contributed by atoms with E-state index in [1.54, 1.807) is 6.92 Å². The summed E-state index contributed by atoms with van der Waals surface area (Å²) < 4.78 is 10.4. The molecule has 4 nitrogen and oxygen atoms in total. The third-order valence-corrected chi connectivity index (χ3v) is 4.50. The molecule has 17 heavy (non-hydrogen) atoms. The lowest BCUT2D eigenvalue weighted by Gasteiger charge is -2.54. The van der Waals surface area contributed by atoms with E-state index in [1.165, 1.54) is 0 Å². The Kier molecular flexibility index (Phi) is 2.42. The lowest BCUT2D eigenvalue weighted by atomic mass is 9.53. The van der Waals surface area contributed by atoms with Gasteiger partial charge in [-0.15, -0.1) is 0 Å². The van der Waals surface area contributed by atoms with E-state index in [0.717, 1.165) is 32.1 Å². The molecule has 4 bridgehead atoms. The van der Waals surface area contributed by atoms with Crippen LogP contribution >= 0.6 is 0 Å². The van der Waals surface area contributed by atoms with Crippen LogP contribution in [0.5, 0.6) is 0 Å². The van der Waals surface area contributed by atoms with Crippen LogP contribution in [0.15, 0.2) is 0 Å². The molecule has 2 unspecified atom stereocenters. The molecule has 0 N–H and O–H groups in total. The standard InChI is InChI=1S/C13H18O4/c1-2-16-12(15)17-13-5-8-3-9(6-13)11(14)10(4-8)7-13/h8-10H,2-7H2,1H3. The first kappa shape index (κ1) is 11.1. The molecule has 4 heteroatoms. The Hall–Kier alpha value is -1.06. The Bertz CT molecular complexity index is 344. The van der Waals surface area contributed by atoms with Gasteiger partial charge in [0.25, 0.3) is 0 Å². The number of ketones is 1. The van der Waals surface area contributed by atoms with Crippen molar-refractivity contribution in [2.24, 2.45) is 17.8 Å². The van der Waals surface area contributed by atoms with Crippen LogP contribution in [0.4, 0.5) is 4.79 Å². The Balaban J connectivity index is 1.76. The highest BCUT2D eigenvalue weighted by Gasteiger charge is 2.57. The highest BCUT2D eigenvalue weighted by Crippen LogP contribution is 2.55. The van der Waals surface area contributed by atoms with E-state index < -0.39 is 11.8 Å². The molecule has 0 aromatic heterocycles. The van der Waals surface area contributed by atoms with Crippen LogP contribution in [-0.2, 0) is 14.3 Å². The fourth-order valence-electron chi connectivity index (χ4n) is 4.12. The van der Waals surface area contributed by atoms with Gasteiger partial charge in [0.15, 0.2) is 0 Å². The maximum Gasteiger partial charge on any atom is 0.508 e. The van der Waals surface area contributed by atoms with Crippen molar-refractivity contribution in [1.29, 1.82) is 0 Å². The highest BCUT2D eigenvalue weighted by molar-refractivity contribution is 5.86. The molecule has 0 saturated heterocycles. The van der Waals surface area contributed by atoms with E-state index in [4.69, 9.17) is 9.47 Å². The molecule has 0 heterocycles. The number of carbonyl (C=O) groups is 2. The Morgan fingerprint density at radius 2 is 1.94 bits per heavy atom. The van der Waals surface area contributed by atoms with Gasteiger partial charge in [-0.2, -0.15) is 0 Å². The summed E-state index contributed by atoms with van der Waals surface area (Å²) in [5.74, 6) is 1.25. The molecule has 0 aliphatic heterocycles. The number of hydrogen-bond acceptors (Lipinski definition) is 4. The van der Waals surface area contributed by atoms with Crippen molar-refractivity contribution in [2.75, 3.05) is 6.61 Å². The van der Waals surface area contributed by atoms with Gasteiger partial charge in [-0.25, -0.2) is 4.79 Å². The average Bonchev–Trinajstić information content (AvgIpc) is 2.24. The van der Waals surface area contributed by atoms with Gasteiger partial charge in [0.05, 0.1) is 6.61 Å². The van der Waals surface area contributed by atoms with E-state index in [2.05, 4.69) is 0 Å². The third kappa shape index (κ3) is 1.74. The summed E-state index contributed by atoms with van der Waals surface area (Å²) in [5, 5.41) is 0. The fraction of sp³-hybridized carbons (Fsp3) is 0.846. The smallest absolute Gasteiger partial charge is 0.435 e. The quantitative estimate of drug-likeness (QED) is 0.693. The minimum absolute atomic E-state index is 0.135. The molecule has 4 aliphatic carbocycles. The van der Waals surface area contributed by atoms with Crippen LogP contribution in [0.1, 0.15) is 39.0 Å². The van der Waals surface area contributed by atoms with Crippen LogP contribution in [0.3, 0.4) is 0 Å². The zero-order valence-electron chi connectivity index (χ0n) is 10.1. The van der Waals surface area contributed by atoms with Gasteiger partial charge >= 0.3 is 6.16 Å². The minimum Gasteiger partial charge on any atom is -0.435 e. The molecule has 4 aliphatic rings. The van der Waals surface area contributed by atoms with Crippen LogP contribution in [0.2, 0.25) is 0 Å². The van der Waals surface area contributed by atoms with Crippen molar-refractivity contribution in [2.45, 2.75) is 44.6 Å². The summed E-state index contributed by atoms with van der Waals surface area (Å²) in [7, 11) is 0. The summed E-state index contributed by atoms with van der Waals surface area (Å²) >= 11 is 0. The molecule has 4 rings (SSSR count). The van der Waals surface area contributed by atoms with Gasteiger partial charge in [0, 0.05) is 11.8 Å². The normalized spacial score (nSPS) is 42.6. The Morgan fingerprint density at radius 3 is 2.53 bits per heavy atom. The van der Waals surface area contributed by atoms with E-state index in [9.17, 15) is 9.59 Å². The van der Waals surface area contributed by atoms with Crippen molar-refractivity contribution < 1.29 is 19.1 Å². The number of carbonyl (C=O) groups excluding carboxylic acids is 2. The predicted molar refractivity (Wildman–Crippen MR) is 59.4 cm³/mol. The second-order valence-electron chi connectivity index (χ2n) is 5.71. The van der Waals surface area contributed by atoms with Gasteiger partial charge in [0.2, 0.25) is 0 Å². The molecular formula is C13H18O4. The Labute approximate surface area is 101 Å². The van der Waals surface area contributed by atoms with Crippen molar-refractivity contribution >= 4 is 11.9 Å². The molecule has 4 fully saturated rings. The van der Waals surface area contributed by atoms with E-state index in [1.807, 2.05) is 0 Å². The van der Waals surface area contributed by atoms with Gasteiger partial charge in [0.1, 0.15) is 11.4 Å². The van der Waals surface area contributed by atoms with Crippen LogP contribution < -0.4 is 0 Å². The highest BCUT2D eigenvalue weighted by atomic mass is 16.7. The number of rotatable bonds is 2. The number of Topliss-reactive ketones (excluding diaryl/α,β-unsaturated/α-hetero) is 1. The maximum atomic E-state index is 12.0. The molecule has 94 valence electrons. The van der Waals surface area contributed by atoms with Gasteiger partial charge in [-0.05, 0) is 44.9 Å². The van der Waals surface area contributed by atoms with Gasteiger partial charge < -0.3 is 9.47 Å². The molecule has 2 atom stereocenters. The van der Waals surface area contributed by atoms with Crippen molar-refractivity contribution in [3.05, 3.63) is 0 Å². The van der Waals surface area contributed by atoms with E-state index in [0.29, 0.717) is 18.3 Å². The fourth-order valence-corrected chi connectivity index (χ4v) is 4.12. The second-order valence-corrected chi connectivity index (χ2v) is 5.71. The summed E-state index contributed by atoms with van der Waals surface area (Å²) in [6, 6.07) is 0. The summed E-state index contributed by atoms with van der Waals surface area (Å²) in [5.41, 5.74) is -0.392. The zero-order chi connectivity index (χ0) is 12.0. The lowest BCUT2D eigenvalue weighted by Crippen LogP contribution is -2.56. The van der Waals surface area contributed by atoms with Crippen molar-refractivity contribution in [3.63, 3.8) is 0 Å². The first-order valence-electron chi connectivity index (χ1n) is 6.51. The van der Waals surface area contributed by atoms with E-state index in [-0.39, 0.29) is 11.8 Å². The Morgan fingerprint density at radius 1 is 1.29 bits per heavy atom. The van der Waals surface area contributed by atoms with Gasteiger partial charge in [-0.3, -0.25) is 4.79 Å². The van der Waals surface area contributed by atoms with Crippen molar-refractivity contribution in [3.8, 4) is 0 Å². The predicted octanol–water partition coefficient (Wildman–Crippen LogP) is 2.31. The molecular weight excluding hydrogens is 220 g/mol. The number of hydrogen-bond donors (Lipinski definition) is 0. The largest absolute Gasteiger partial charge is 0.508 e. The number of ether oxygens (including phenoxy) is 2. The third-order valence-electron chi connectivity index (χ3n) is 4.50. The maximum absolute atomic E-state index is 12.0. The monoisotopic (exact) mass is 238 g/mol. The molecule has 4 saturated carbocycles. The van der Waals surface area contributed by atoms with Gasteiger partial charge in [-0.1, -0.05) is 0 Å². The first-order valence-corrected chi connectivity index (χ1v) is 6.51. The molecule has 0 spiro atoms. The summed E-state index contributed by atoms with van der Waals surface area (Å²) in [4.78, 5) is 23.4. The summed E-state index contributed by atoms with van der Waals surface area (Å²) in [6.45, 7) is 2.11. The summed E-state index contributed by atoms with van der Waals surface area (Å²) in [6.07, 6.45) is 3.80. The molecule has 0 aromatic carbocycles. The molecule has 0 aromatic rings. The van der Waals surface area contributed by atoms with Crippen LogP contribution in [-0.4, -0.2) is 24.1 Å². The van der Waals surface area contributed by atoms with Crippen LogP contribution in [0, 0.1) is 17.8 Å². The lowest BCUT2D eigenvalue weighted by molar-refractivity contribution is -0.166. The first-order chi connectivity index (χ1) is 8.12. The topological polar surface area (TPSA) is 52.6 Å². The second kappa shape index (κ2) is 3.72. The van der Waals surface area contributed by atoms with E-state index >= 15 is 0 Å². The SMILES string of the molecule is CCOC(=O)OC12CC3CC(C1)C(=O)C(C3)C2. The molecule has 0 amide bonds. The molecule has 0 radical (unpaired) electrons. The van der Waals surface area contributed by atoms with Crippen LogP contribution in [0.25, 0.3) is 0 Å². The minimum atomic E-state index is -0.568. The zero-order valence-corrected chi connectivity index (χ0v) is 10.1. The van der Waals surface area contributed by atoms with Crippen molar-refractivity contribution in [1.82, 2.24) is 0 Å². The average molecular weight is 238 g/mol.